The van der Waals surface area contributed by atoms with Gasteiger partial charge in [0.2, 0.25) is 0 Å². The van der Waals surface area contributed by atoms with Gasteiger partial charge in [-0.25, -0.2) is 0 Å². The molecule has 80 valence electrons. The minimum atomic E-state index is -0.423. The average molecular weight is 221 g/mol. The fourth-order valence-electron chi connectivity index (χ4n) is 2.65. The quantitative estimate of drug-likeness (QED) is 0.592. The van der Waals surface area contributed by atoms with Gasteiger partial charge in [0.15, 0.2) is 12.4 Å². The van der Waals surface area contributed by atoms with Gasteiger partial charge < -0.3 is 0 Å². The Balaban J connectivity index is 2.17. The zero-order chi connectivity index (χ0) is 11.3. The van der Waals surface area contributed by atoms with Gasteiger partial charge in [0.25, 0.3) is 11.4 Å². The fourth-order valence-corrected chi connectivity index (χ4v) is 2.65. The van der Waals surface area contributed by atoms with Crippen molar-refractivity contribution in [2.24, 2.45) is 4.99 Å². The largest absolute Gasteiger partial charge is 0.488 e. The summed E-state index contributed by atoms with van der Waals surface area (Å²) in [6, 6.07) is 12.5. The van der Waals surface area contributed by atoms with Crippen molar-refractivity contribution in [3.8, 4) is 11.4 Å². The van der Waals surface area contributed by atoms with E-state index in [2.05, 4.69) is 56.9 Å². The van der Waals surface area contributed by atoms with E-state index in [-0.39, 0.29) is 0 Å². The second-order valence-electron chi connectivity index (χ2n) is 4.24. The molecule has 2 aromatic rings. The molecule has 4 heterocycles. The van der Waals surface area contributed by atoms with Gasteiger partial charge in [-0.3, -0.25) is 0 Å². The molecule has 0 bridgehead atoms. The van der Waals surface area contributed by atoms with Crippen molar-refractivity contribution >= 4 is 6.21 Å². The first-order valence-corrected chi connectivity index (χ1v) is 5.68. The summed E-state index contributed by atoms with van der Waals surface area (Å²) < 4.78 is 4.39. The van der Waals surface area contributed by atoms with Crippen LogP contribution in [0.1, 0.15) is 0 Å². The third-order valence-corrected chi connectivity index (χ3v) is 3.36. The van der Waals surface area contributed by atoms with Crippen LogP contribution in [0.3, 0.4) is 0 Å². The summed E-state index contributed by atoms with van der Waals surface area (Å²) in [6.45, 7) is 0. The number of hydrogen-bond acceptors (Lipinski definition) is 1. The number of aromatic nitrogens is 2. The predicted molar refractivity (Wildman–Crippen MR) is 63.3 cm³/mol. The predicted octanol–water partition coefficient (Wildman–Crippen LogP) is 1.04. The molecule has 0 unspecified atom stereocenters. The number of nitrogens with zero attached hydrogens (tertiary/aromatic N) is 3. The van der Waals surface area contributed by atoms with Crippen molar-refractivity contribution in [3.05, 3.63) is 60.9 Å². The van der Waals surface area contributed by atoms with Crippen LogP contribution in [0.4, 0.5) is 0 Å². The van der Waals surface area contributed by atoms with Crippen molar-refractivity contribution in [2.45, 2.75) is 5.79 Å². The van der Waals surface area contributed by atoms with Crippen LogP contribution in [0.25, 0.3) is 11.4 Å². The Bertz CT molecular complexity index is 611. The first kappa shape index (κ1) is 8.82. The van der Waals surface area contributed by atoms with E-state index in [0.717, 1.165) is 0 Å². The highest BCUT2D eigenvalue weighted by molar-refractivity contribution is 5.74. The monoisotopic (exact) mass is 221 g/mol. The van der Waals surface area contributed by atoms with E-state index in [9.17, 15) is 0 Å². The van der Waals surface area contributed by atoms with Gasteiger partial charge in [-0.05, 0) is 18.2 Å². The number of pyridine rings is 2. The minimum Gasteiger partial charge on any atom is -0.152 e. The molecule has 0 amide bonds. The zero-order valence-electron chi connectivity index (χ0n) is 9.19. The first-order chi connectivity index (χ1) is 8.42. The third kappa shape index (κ3) is 0.940. The lowest BCUT2D eigenvalue weighted by atomic mass is 10.2. The standard InChI is InChI=1S/C14H11N3/c1-3-10-16-12(6-1)13-7-2-4-11-17(13)14(16)8-5-9-15-14/h1-11H/q+2. The molecule has 0 N–H and O–H groups in total. The first-order valence-electron chi connectivity index (χ1n) is 5.68. The Morgan fingerprint density at radius 1 is 0.882 bits per heavy atom. The SMILES string of the molecule is C1=CC2(N=C1)[n+]1ccccc1-c1cccc[n+]12. The third-order valence-electron chi connectivity index (χ3n) is 3.36. The van der Waals surface area contributed by atoms with Crippen molar-refractivity contribution in [2.75, 3.05) is 0 Å². The van der Waals surface area contributed by atoms with Gasteiger partial charge in [-0.2, -0.15) is 4.99 Å². The van der Waals surface area contributed by atoms with Gasteiger partial charge in [-0.1, -0.05) is 0 Å². The fraction of sp³-hybridized carbons (Fsp3) is 0.0714. The van der Waals surface area contributed by atoms with Crippen molar-refractivity contribution in [1.82, 2.24) is 0 Å². The molecular weight excluding hydrogens is 210 g/mol. The summed E-state index contributed by atoms with van der Waals surface area (Å²) in [5.74, 6) is -0.423. The van der Waals surface area contributed by atoms with E-state index >= 15 is 0 Å². The van der Waals surface area contributed by atoms with E-state index in [1.807, 2.05) is 24.4 Å². The van der Waals surface area contributed by atoms with Gasteiger partial charge in [0.05, 0.1) is 6.08 Å². The maximum Gasteiger partial charge on any atom is 0.488 e. The maximum absolute atomic E-state index is 4.64. The van der Waals surface area contributed by atoms with E-state index in [4.69, 9.17) is 0 Å². The Morgan fingerprint density at radius 2 is 1.53 bits per heavy atom. The Labute approximate surface area is 99.0 Å². The molecule has 2 aromatic heterocycles. The molecule has 0 aromatic carbocycles. The van der Waals surface area contributed by atoms with Crippen LogP contribution < -0.4 is 9.13 Å². The number of rotatable bonds is 0. The topological polar surface area (TPSA) is 20.1 Å². The molecule has 0 radical (unpaired) electrons. The molecule has 3 heteroatoms. The molecule has 2 aliphatic rings. The minimum absolute atomic E-state index is 0.423. The van der Waals surface area contributed by atoms with Gasteiger partial charge in [0.1, 0.15) is 0 Å². The van der Waals surface area contributed by atoms with Gasteiger partial charge in [-0.15, -0.1) is 9.13 Å². The van der Waals surface area contributed by atoms with Crippen LogP contribution in [0.15, 0.2) is 65.9 Å². The number of hydrogen-bond donors (Lipinski definition) is 0. The lowest BCUT2D eigenvalue weighted by Crippen LogP contribution is -2.66. The van der Waals surface area contributed by atoms with Crippen molar-refractivity contribution in [3.63, 3.8) is 0 Å². The van der Waals surface area contributed by atoms with E-state index in [1.54, 1.807) is 0 Å². The van der Waals surface area contributed by atoms with Crippen molar-refractivity contribution < 1.29 is 9.13 Å². The summed E-state index contributed by atoms with van der Waals surface area (Å²) >= 11 is 0. The Hall–Kier alpha value is -2.29. The lowest BCUT2D eigenvalue weighted by molar-refractivity contribution is -0.946. The van der Waals surface area contributed by atoms with Crippen LogP contribution in [0, 0.1) is 0 Å². The summed E-state index contributed by atoms with van der Waals surface area (Å²) in [5.41, 5.74) is 2.38. The molecule has 0 saturated carbocycles. The van der Waals surface area contributed by atoms with Crippen LogP contribution >= 0.6 is 0 Å². The summed E-state index contributed by atoms with van der Waals surface area (Å²) in [5, 5.41) is 0. The van der Waals surface area contributed by atoms with E-state index in [0.29, 0.717) is 0 Å². The average Bonchev–Trinajstić information content (AvgIpc) is 2.98. The van der Waals surface area contributed by atoms with Crippen LogP contribution in [-0.2, 0) is 5.79 Å². The molecule has 0 aliphatic carbocycles. The summed E-state index contributed by atoms with van der Waals surface area (Å²) in [4.78, 5) is 4.64. The highest BCUT2D eigenvalue weighted by Crippen LogP contribution is 2.26. The van der Waals surface area contributed by atoms with Crippen molar-refractivity contribution in [1.29, 1.82) is 0 Å². The van der Waals surface area contributed by atoms with E-state index < -0.39 is 5.79 Å². The summed E-state index contributed by atoms with van der Waals surface area (Å²) in [7, 11) is 0. The lowest BCUT2D eigenvalue weighted by Gasteiger charge is -2.06. The molecule has 3 nitrogen and oxygen atoms in total. The number of allylic oxidation sites excluding steroid dienone is 1. The Kier molecular flexibility index (Phi) is 1.50. The number of aliphatic imine (C=N–C) groups is 1. The molecule has 17 heavy (non-hydrogen) atoms. The molecule has 1 spiro atoms. The molecule has 0 saturated heterocycles. The van der Waals surface area contributed by atoms with Crippen LogP contribution in [-0.4, -0.2) is 6.21 Å². The second kappa shape index (κ2) is 2.88. The second-order valence-corrected chi connectivity index (χ2v) is 4.24. The van der Waals surface area contributed by atoms with Crippen LogP contribution in [0.2, 0.25) is 0 Å². The van der Waals surface area contributed by atoms with E-state index in [1.165, 1.54) is 11.4 Å². The molecule has 2 aliphatic heterocycles. The maximum atomic E-state index is 4.64. The molecule has 0 atom stereocenters. The van der Waals surface area contributed by atoms with Crippen LogP contribution in [0.5, 0.6) is 0 Å². The smallest absolute Gasteiger partial charge is 0.152 e. The highest BCUT2D eigenvalue weighted by Gasteiger charge is 2.58. The molecule has 0 fully saturated rings. The highest BCUT2D eigenvalue weighted by atomic mass is 15.4. The van der Waals surface area contributed by atoms with Gasteiger partial charge >= 0.3 is 5.79 Å². The molecular formula is C14H11N3+2. The summed E-state index contributed by atoms with van der Waals surface area (Å²) in [6.07, 6.45) is 10.1. The number of fused-ring (bicyclic) bond motifs is 5. The molecule has 4 rings (SSSR count). The normalized spacial score (nSPS) is 17.4. The zero-order valence-corrected chi connectivity index (χ0v) is 9.19. The Morgan fingerprint density at radius 3 is 2.06 bits per heavy atom. The van der Waals surface area contributed by atoms with Gasteiger partial charge in [0, 0.05) is 30.5 Å².